The molecule has 0 bridgehead atoms. The van der Waals surface area contributed by atoms with Crippen molar-refractivity contribution in [1.82, 2.24) is 9.13 Å². The summed E-state index contributed by atoms with van der Waals surface area (Å²) in [4.78, 5) is 0. The molecule has 2 nitrogen and oxygen atoms in total. The van der Waals surface area contributed by atoms with E-state index in [4.69, 9.17) is 0 Å². The van der Waals surface area contributed by atoms with Crippen molar-refractivity contribution in [1.29, 1.82) is 0 Å². The molecule has 2 heterocycles. The van der Waals surface area contributed by atoms with Gasteiger partial charge in [0.2, 0.25) is 0 Å². The predicted molar refractivity (Wildman–Crippen MR) is 431 cm³/mol. The minimum atomic E-state index is 0.0697. The van der Waals surface area contributed by atoms with Gasteiger partial charge >= 0.3 is 0 Å². The first-order chi connectivity index (χ1) is 48.7. The lowest BCUT2D eigenvalue weighted by molar-refractivity contribution is 0.590. The summed E-state index contributed by atoms with van der Waals surface area (Å²) in [6.45, 7) is 18.1. The Morgan fingerprint density at radius 3 is 0.760 bits per heavy atom. The van der Waals surface area contributed by atoms with Gasteiger partial charge in [-0.2, -0.15) is 0 Å². The molecule has 18 aromatic rings. The summed E-state index contributed by atoms with van der Waals surface area (Å²) in [6, 6.07) is 121. The topological polar surface area (TPSA) is 9.86 Å². The van der Waals surface area contributed by atoms with E-state index in [0.717, 1.165) is 0 Å². The maximum Gasteiger partial charge on any atom is 0.0541 e. The van der Waals surface area contributed by atoms with Crippen LogP contribution in [0, 0.1) is 13.8 Å². The van der Waals surface area contributed by atoms with Crippen LogP contribution in [0.1, 0.15) is 63.8 Å². The molecule has 0 fully saturated rings. The van der Waals surface area contributed by atoms with Crippen molar-refractivity contribution in [3.8, 4) is 78.1 Å². The number of fused-ring (bicyclic) bond motifs is 10. The molecule has 0 saturated carbocycles. The van der Waals surface area contributed by atoms with Gasteiger partial charge < -0.3 is 9.13 Å². The van der Waals surface area contributed by atoms with Crippen LogP contribution in [0.25, 0.3) is 165 Å². The van der Waals surface area contributed by atoms with Crippen molar-refractivity contribution in [3.05, 3.63) is 350 Å². The molecular weight excluding hydrogens is 1210 g/mol. The molecule has 0 spiro atoms. The Hall–Kier alpha value is -11.8. The highest BCUT2D eigenvalue weighted by Gasteiger charge is 2.24. The second kappa shape index (κ2) is 24.6. The third kappa shape index (κ3) is 10.8. The van der Waals surface area contributed by atoms with Gasteiger partial charge in [0.1, 0.15) is 0 Å². The van der Waals surface area contributed by atoms with Gasteiger partial charge in [0, 0.05) is 32.9 Å². The van der Waals surface area contributed by atoms with Crippen LogP contribution in [0.2, 0.25) is 0 Å². The third-order valence-electron chi connectivity index (χ3n) is 20.8. The van der Waals surface area contributed by atoms with Gasteiger partial charge in [-0.3, -0.25) is 0 Å². The normalized spacial score (nSPS) is 12.0. The molecule has 0 aliphatic carbocycles. The maximum absolute atomic E-state index is 2.44. The quantitative estimate of drug-likeness (QED) is 0.134. The Kier molecular flexibility index (Phi) is 15.2. The fourth-order valence-corrected chi connectivity index (χ4v) is 15.7. The Balaban J connectivity index is 0.000000151. The van der Waals surface area contributed by atoms with Crippen LogP contribution in [-0.4, -0.2) is 9.13 Å². The van der Waals surface area contributed by atoms with Crippen LogP contribution in [0.15, 0.2) is 328 Å². The maximum atomic E-state index is 2.44. The van der Waals surface area contributed by atoms with E-state index >= 15 is 0 Å². The summed E-state index contributed by atoms with van der Waals surface area (Å²) >= 11 is 0. The van der Waals surface area contributed by atoms with E-state index in [9.17, 15) is 0 Å². The van der Waals surface area contributed by atoms with Gasteiger partial charge in [0.05, 0.1) is 22.1 Å². The number of hydrogen-bond acceptors (Lipinski definition) is 0. The van der Waals surface area contributed by atoms with Crippen molar-refractivity contribution < 1.29 is 0 Å². The highest BCUT2D eigenvalue weighted by atomic mass is 15.0. The zero-order chi connectivity index (χ0) is 68.0. The first-order valence-corrected chi connectivity index (χ1v) is 35.2. The van der Waals surface area contributed by atoms with Crippen molar-refractivity contribution in [2.24, 2.45) is 0 Å². The van der Waals surface area contributed by atoms with Gasteiger partial charge in [-0.1, -0.05) is 295 Å². The number of nitrogens with zero attached hydrogens (tertiary/aromatic N) is 2. The molecule has 16 aromatic carbocycles. The molecule has 480 valence electrons. The summed E-state index contributed by atoms with van der Waals surface area (Å²) in [6.07, 6.45) is 0. The molecule has 0 amide bonds. The van der Waals surface area contributed by atoms with Crippen molar-refractivity contribution in [2.45, 2.75) is 66.2 Å². The predicted octanol–water partition coefficient (Wildman–Crippen LogP) is 27.4. The SMILES string of the molecule is CC(C)(C)c1ccc2c(c1)c1cc(C(C)(C)C)ccc1n2-c1ccc(-c2ccc3c(-c4ccccc4)c4ccccc4c(-c4ccccc4)c3c2)cc1.Cc1ccc2c(c1)c1cc(C)ccc1n2-c1ccc(-c2ccc3c(-c4ccccc4)c4ccccc4c(-c4ccccc4)c3c2)cc1. The first-order valence-electron chi connectivity index (χ1n) is 35.2. The Labute approximate surface area is 586 Å². The fraction of sp³-hybridized carbons (Fsp3) is 0.102. The lowest BCUT2D eigenvalue weighted by Gasteiger charge is -2.19. The zero-order valence-corrected chi connectivity index (χ0v) is 58.1. The molecule has 0 radical (unpaired) electrons. The molecule has 100 heavy (non-hydrogen) atoms. The number of benzene rings is 16. The van der Waals surface area contributed by atoms with Crippen LogP contribution in [-0.2, 0) is 10.8 Å². The minimum Gasteiger partial charge on any atom is -0.309 e. The standard InChI is InChI=1S/C52H45N.C46H33N/c1-51(2,3)38-24-29-47-44(32-38)45-33-39(52(4,5)6)25-30-48(45)53(47)40-26-21-34(22-27-40)37-23-28-43-46(31-37)50(36-17-11-8-12-18-36)42-20-14-13-19-41(42)49(43)35-15-9-7-10-16-35;1-30-17-25-43-40(27-30)41-28-31(2)18-26-44(41)47(43)36-22-19-32(20-23-36)35-21-24-39-42(29-35)46(34-13-7-4-8-14-34)38-16-10-9-15-37(38)45(39)33-11-5-3-6-12-33/h7-33H,1-6H3;3-29H,1-2H3. The summed E-state index contributed by atoms with van der Waals surface area (Å²) in [7, 11) is 0. The van der Waals surface area contributed by atoms with E-state index in [1.165, 1.54) is 187 Å². The van der Waals surface area contributed by atoms with Crippen LogP contribution in [0.3, 0.4) is 0 Å². The van der Waals surface area contributed by atoms with Crippen molar-refractivity contribution in [2.75, 3.05) is 0 Å². The molecule has 0 saturated heterocycles. The molecule has 0 atom stereocenters. The molecule has 0 N–H and O–H groups in total. The molecule has 0 aliphatic heterocycles. The van der Waals surface area contributed by atoms with Crippen LogP contribution >= 0.6 is 0 Å². The second-order valence-electron chi connectivity index (χ2n) is 29.3. The summed E-state index contributed by atoms with van der Waals surface area (Å²) in [5.41, 5.74) is 27.6. The van der Waals surface area contributed by atoms with Gasteiger partial charge in [-0.15, -0.1) is 0 Å². The molecule has 0 aliphatic rings. The first kappa shape index (κ1) is 61.7. The highest BCUT2D eigenvalue weighted by Crippen LogP contribution is 2.48. The lowest BCUT2D eigenvalue weighted by Crippen LogP contribution is -2.10. The molecule has 2 heteroatoms. The van der Waals surface area contributed by atoms with E-state index in [0.29, 0.717) is 0 Å². The molecule has 0 unspecified atom stereocenters. The monoisotopic (exact) mass is 1280 g/mol. The fourth-order valence-electron chi connectivity index (χ4n) is 15.7. The van der Waals surface area contributed by atoms with E-state index < -0.39 is 0 Å². The second-order valence-corrected chi connectivity index (χ2v) is 29.3. The van der Waals surface area contributed by atoms with E-state index in [2.05, 4.69) is 392 Å². The molecular formula is C98H78N2. The van der Waals surface area contributed by atoms with Crippen LogP contribution in [0.4, 0.5) is 0 Å². The van der Waals surface area contributed by atoms with Crippen LogP contribution < -0.4 is 0 Å². The summed E-state index contributed by atoms with van der Waals surface area (Å²) in [5.74, 6) is 0. The minimum absolute atomic E-state index is 0.0697. The number of aryl methyl sites for hydroxylation is 2. The Bertz CT molecular complexity index is 6050. The lowest BCUT2D eigenvalue weighted by atomic mass is 9.85. The smallest absolute Gasteiger partial charge is 0.0541 e. The number of hydrogen-bond donors (Lipinski definition) is 0. The average Bonchev–Trinajstić information content (AvgIpc) is 0.800. The highest BCUT2D eigenvalue weighted by molar-refractivity contribution is 6.24. The largest absolute Gasteiger partial charge is 0.309 e. The van der Waals surface area contributed by atoms with E-state index in [1.54, 1.807) is 0 Å². The van der Waals surface area contributed by atoms with E-state index in [-0.39, 0.29) is 10.8 Å². The van der Waals surface area contributed by atoms with Crippen LogP contribution in [0.5, 0.6) is 0 Å². The van der Waals surface area contributed by atoms with Gasteiger partial charge in [-0.25, -0.2) is 0 Å². The number of rotatable bonds is 8. The average molecular weight is 1280 g/mol. The van der Waals surface area contributed by atoms with Crippen molar-refractivity contribution in [3.63, 3.8) is 0 Å². The number of aromatic nitrogens is 2. The van der Waals surface area contributed by atoms with E-state index in [1.807, 2.05) is 0 Å². The van der Waals surface area contributed by atoms with Gasteiger partial charge in [0.25, 0.3) is 0 Å². The Morgan fingerprint density at radius 2 is 0.450 bits per heavy atom. The third-order valence-corrected chi connectivity index (χ3v) is 20.8. The van der Waals surface area contributed by atoms with Gasteiger partial charge in [0.15, 0.2) is 0 Å². The Morgan fingerprint density at radius 1 is 0.190 bits per heavy atom. The van der Waals surface area contributed by atoms with Crippen molar-refractivity contribution >= 4 is 86.7 Å². The summed E-state index contributed by atoms with van der Waals surface area (Å²) < 4.78 is 4.85. The summed E-state index contributed by atoms with van der Waals surface area (Å²) in [5, 5.41) is 15.4. The molecule has 2 aromatic heterocycles. The van der Waals surface area contributed by atoms with Gasteiger partial charge in [-0.05, 0) is 231 Å². The molecule has 18 rings (SSSR count). The zero-order valence-electron chi connectivity index (χ0n) is 58.1.